The Morgan fingerprint density at radius 2 is 1.47 bits per heavy atom. The molecule has 0 spiro atoms. The van der Waals surface area contributed by atoms with Crippen LogP contribution in [0, 0.1) is 0 Å². The smallest absolute Gasteiger partial charge is 0.296 e. The number of ketones is 1. The Morgan fingerprint density at radius 1 is 0.941 bits per heavy atom. The van der Waals surface area contributed by atoms with Crippen molar-refractivity contribution in [1.29, 1.82) is 0 Å². The predicted octanol–water partition coefficient (Wildman–Crippen LogP) is 3.07. The Kier molecular flexibility index (Phi) is 2.77. The van der Waals surface area contributed by atoms with E-state index in [2.05, 4.69) is 33.0 Å². The van der Waals surface area contributed by atoms with Crippen molar-refractivity contribution < 1.29 is 9.59 Å². The number of rotatable bonds is 2. The molecule has 3 nitrogen and oxygen atoms in total. The third-order valence-corrected chi connectivity index (χ3v) is 3.17. The number of hydrogen-bond donors (Lipinski definition) is 1. The van der Waals surface area contributed by atoms with Crippen LogP contribution in [0.25, 0.3) is 0 Å². The highest BCUT2D eigenvalue weighted by molar-refractivity contribution is 6.51. The van der Waals surface area contributed by atoms with Gasteiger partial charge < -0.3 is 5.32 Å². The summed E-state index contributed by atoms with van der Waals surface area (Å²) in [6, 6.07) is 3.81. The second-order valence-electron chi connectivity index (χ2n) is 5.12. The first-order chi connectivity index (χ1) is 7.91. The molecule has 1 aliphatic rings. The molecular weight excluding hydrogens is 214 g/mol. The molecule has 1 aromatic rings. The molecule has 0 bridgehead atoms. The number of Topliss-reactive ketones (excluding diaryl/α,β-unsaturated/α-hetero) is 1. The van der Waals surface area contributed by atoms with Crippen molar-refractivity contribution in [3.63, 3.8) is 0 Å². The SMILES string of the molecule is CC(C)c1cc2c(cc1C(C)C)C(=O)C(=O)N2. The highest BCUT2D eigenvalue weighted by Gasteiger charge is 2.29. The molecule has 1 aliphatic heterocycles. The molecule has 0 saturated carbocycles. The van der Waals surface area contributed by atoms with Gasteiger partial charge in [-0.15, -0.1) is 0 Å². The summed E-state index contributed by atoms with van der Waals surface area (Å²) in [5.74, 6) is -0.209. The molecular formula is C14H17NO2. The zero-order valence-corrected chi connectivity index (χ0v) is 10.6. The van der Waals surface area contributed by atoms with E-state index in [1.165, 1.54) is 5.56 Å². The highest BCUT2D eigenvalue weighted by Crippen LogP contribution is 2.34. The summed E-state index contributed by atoms with van der Waals surface area (Å²) in [6.07, 6.45) is 0. The lowest BCUT2D eigenvalue weighted by atomic mass is 9.88. The monoisotopic (exact) mass is 231 g/mol. The lowest BCUT2D eigenvalue weighted by Gasteiger charge is -2.17. The van der Waals surface area contributed by atoms with Crippen LogP contribution < -0.4 is 5.32 Å². The van der Waals surface area contributed by atoms with Crippen LogP contribution in [0.3, 0.4) is 0 Å². The molecule has 0 radical (unpaired) electrons. The zero-order chi connectivity index (χ0) is 12.7. The van der Waals surface area contributed by atoms with Gasteiger partial charge >= 0.3 is 0 Å². The topological polar surface area (TPSA) is 46.2 Å². The standard InChI is InChI=1S/C14H17NO2/c1-7(2)9-5-11-12(6-10(9)8(3)4)15-14(17)13(11)16/h5-8H,1-4H3,(H,15,16,17). The number of amides is 1. The van der Waals surface area contributed by atoms with Crippen molar-refractivity contribution in [3.05, 3.63) is 28.8 Å². The molecule has 0 fully saturated rings. The fraction of sp³-hybridized carbons (Fsp3) is 0.429. The van der Waals surface area contributed by atoms with Crippen LogP contribution in [0.5, 0.6) is 0 Å². The third kappa shape index (κ3) is 1.86. The van der Waals surface area contributed by atoms with Gasteiger partial charge in [0.15, 0.2) is 0 Å². The van der Waals surface area contributed by atoms with Crippen molar-refractivity contribution in [2.75, 3.05) is 5.32 Å². The van der Waals surface area contributed by atoms with E-state index in [4.69, 9.17) is 0 Å². The Morgan fingerprint density at radius 3 is 2.00 bits per heavy atom. The molecule has 1 aromatic carbocycles. The van der Waals surface area contributed by atoms with E-state index in [1.807, 2.05) is 12.1 Å². The van der Waals surface area contributed by atoms with Crippen molar-refractivity contribution in [2.24, 2.45) is 0 Å². The van der Waals surface area contributed by atoms with E-state index in [9.17, 15) is 9.59 Å². The first-order valence-electron chi connectivity index (χ1n) is 5.95. The van der Waals surface area contributed by atoms with Crippen LogP contribution >= 0.6 is 0 Å². The molecule has 2 rings (SSSR count). The van der Waals surface area contributed by atoms with Gasteiger partial charge in [0.25, 0.3) is 11.7 Å². The first kappa shape index (κ1) is 11.8. The number of anilines is 1. The van der Waals surface area contributed by atoms with Gasteiger partial charge in [-0.1, -0.05) is 27.7 Å². The summed E-state index contributed by atoms with van der Waals surface area (Å²) in [5, 5.41) is 2.62. The second-order valence-corrected chi connectivity index (χ2v) is 5.12. The molecule has 0 aliphatic carbocycles. The van der Waals surface area contributed by atoms with Crippen LogP contribution in [0.15, 0.2) is 12.1 Å². The lowest BCUT2D eigenvalue weighted by molar-refractivity contribution is -0.112. The summed E-state index contributed by atoms with van der Waals surface area (Å²) in [4.78, 5) is 23.0. The fourth-order valence-corrected chi connectivity index (χ4v) is 2.23. The minimum atomic E-state index is -0.518. The van der Waals surface area contributed by atoms with Crippen molar-refractivity contribution in [1.82, 2.24) is 0 Å². The molecule has 0 saturated heterocycles. The van der Waals surface area contributed by atoms with Gasteiger partial charge in [-0.2, -0.15) is 0 Å². The Balaban J connectivity index is 2.63. The van der Waals surface area contributed by atoms with E-state index >= 15 is 0 Å². The summed E-state index contributed by atoms with van der Waals surface area (Å²) in [7, 11) is 0. The Hall–Kier alpha value is -1.64. The van der Waals surface area contributed by atoms with Gasteiger partial charge in [-0.25, -0.2) is 0 Å². The maximum Gasteiger partial charge on any atom is 0.296 e. The van der Waals surface area contributed by atoms with Crippen molar-refractivity contribution >= 4 is 17.4 Å². The molecule has 1 heterocycles. The average molecular weight is 231 g/mol. The number of hydrogen-bond acceptors (Lipinski definition) is 2. The minimum absolute atomic E-state index is 0.348. The number of fused-ring (bicyclic) bond motifs is 1. The quantitative estimate of drug-likeness (QED) is 0.795. The first-order valence-corrected chi connectivity index (χ1v) is 5.95. The van der Waals surface area contributed by atoms with E-state index in [0.29, 0.717) is 23.1 Å². The normalized spacial score (nSPS) is 14.5. The number of carbonyl (C=O) groups is 2. The molecule has 90 valence electrons. The van der Waals surface area contributed by atoms with Gasteiger partial charge in [0.05, 0.1) is 11.3 Å². The largest absolute Gasteiger partial charge is 0.318 e. The van der Waals surface area contributed by atoms with Crippen LogP contribution in [0.1, 0.15) is 61.0 Å². The van der Waals surface area contributed by atoms with Crippen LogP contribution in [0.4, 0.5) is 5.69 Å². The Labute approximate surface area is 101 Å². The minimum Gasteiger partial charge on any atom is -0.318 e. The number of benzene rings is 1. The summed E-state index contributed by atoms with van der Waals surface area (Å²) < 4.78 is 0. The maximum absolute atomic E-state index is 11.6. The number of carbonyl (C=O) groups excluding carboxylic acids is 2. The van der Waals surface area contributed by atoms with Gasteiger partial charge in [0.1, 0.15) is 0 Å². The molecule has 1 N–H and O–H groups in total. The highest BCUT2D eigenvalue weighted by atomic mass is 16.2. The third-order valence-electron chi connectivity index (χ3n) is 3.17. The van der Waals surface area contributed by atoms with Gasteiger partial charge in [-0.3, -0.25) is 9.59 Å². The fourth-order valence-electron chi connectivity index (χ4n) is 2.23. The molecule has 17 heavy (non-hydrogen) atoms. The number of nitrogens with one attached hydrogen (secondary N) is 1. The average Bonchev–Trinajstić information content (AvgIpc) is 2.53. The lowest BCUT2D eigenvalue weighted by Crippen LogP contribution is -2.12. The molecule has 1 amide bonds. The van der Waals surface area contributed by atoms with Crippen LogP contribution in [0.2, 0.25) is 0 Å². The molecule has 0 atom stereocenters. The van der Waals surface area contributed by atoms with Crippen LogP contribution in [-0.2, 0) is 4.79 Å². The second kappa shape index (κ2) is 3.99. The van der Waals surface area contributed by atoms with Crippen LogP contribution in [-0.4, -0.2) is 11.7 Å². The summed E-state index contributed by atoms with van der Waals surface area (Å²) in [5.41, 5.74) is 3.54. The maximum atomic E-state index is 11.6. The van der Waals surface area contributed by atoms with E-state index < -0.39 is 11.7 Å². The molecule has 3 heteroatoms. The predicted molar refractivity (Wildman–Crippen MR) is 67.6 cm³/mol. The zero-order valence-electron chi connectivity index (χ0n) is 10.6. The van der Waals surface area contributed by atoms with Gasteiger partial charge in [0.2, 0.25) is 0 Å². The van der Waals surface area contributed by atoms with Gasteiger partial charge in [0, 0.05) is 0 Å². The summed E-state index contributed by atoms with van der Waals surface area (Å²) in [6.45, 7) is 8.43. The van der Waals surface area contributed by atoms with Crippen molar-refractivity contribution in [3.8, 4) is 0 Å². The van der Waals surface area contributed by atoms with E-state index in [1.54, 1.807) is 0 Å². The van der Waals surface area contributed by atoms with Crippen molar-refractivity contribution in [2.45, 2.75) is 39.5 Å². The molecule has 0 aromatic heterocycles. The van der Waals surface area contributed by atoms with E-state index in [0.717, 1.165) is 5.56 Å². The Bertz CT molecular complexity index is 501. The van der Waals surface area contributed by atoms with E-state index in [-0.39, 0.29) is 0 Å². The summed E-state index contributed by atoms with van der Waals surface area (Å²) >= 11 is 0. The molecule has 0 unspecified atom stereocenters. The van der Waals surface area contributed by atoms with Gasteiger partial charge in [-0.05, 0) is 35.1 Å².